The first-order valence-corrected chi connectivity index (χ1v) is 4.87. The van der Waals surface area contributed by atoms with Gasteiger partial charge in [-0.05, 0) is 6.26 Å². The zero-order valence-electron chi connectivity index (χ0n) is 8.54. The van der Waals surface area contributed by atoms with Gasteiger partial charge < -0.3 is 0 Å². The van der Waals surface area contributed by atoms with Crippen LogP contribution in [0.15, 0.2) is 24.3 Å². The van der Waals surface area contributed by atoms with Gasteiger partial charge in [0, 0.05) is 27.5 Å². The molecule has 1 unspecified atom stereocenters. The van der Waals surface area contributed by atoms with Crippen molar-refractivity contribution in [2.75, 3.05) is 6.26 Å². The fraction of sp³-hybridized carbons (Fsp3) is 0.100. The zero-order chi connectivity index (χ0) is 13.1. The molecule has 4 nitrogen and oxygen atoms in total. The van der Waals surface area contributed by atoms with Crippen LogP contribution in [0.2, 0.25) is 0 Å². The molecule has 1 rings (SSSR count). The monoisotopic (exact) mass is 410 g/mol. The Morgan fingerprint density at radius 2 is 1.12 bits per heavy atom. The second kappa shape index (κ2) is 46.9. The molecule has 1 radical (unpaired) electrons. The fourth-order valence-electron chi connectivity index (χ4n) is 0.321. The smallest absolute Gasteiger partial charge is 0.00506 e. The Kier molecular flexibility index (Phi) is 86.7. The molecule has 1 atom stereocenters. The van der Waals surface area contributed by atoms with Crippen LogP contribution in [0.4, 0.5) is 0 Å². The maximum absolute atomic E-state index is 9.44. The van der Waals surface area contributed by atoms with Gasteiger partial charge in [0.1, 0.15) is 0 Å². The maximum atomic E-state index is 9.44. The minimum Gasteiger partial charge on any atom is -0.295 e. The van der Waals surface area contributed by atoms with Crippen molar-refractivity contribution in [1.82, 2.24) is 0 Å². The standard InChI is InChI=1S/C5H5.C2H5OS.3CO.W/c1-2-4-5-3-1;1-4(2)3;3*1-2;/h1-5H;1H2,2H3;;;;/q;-1;;;;. The first-order valence-electron chi connectivity index (χ1n) is 3.14. The molecular weight excluding hydrogens is 400 g/mol. The van der Waals surface area contributed by atoms with Crippen molar-refractivity contribution < 1.29 is 39.2 Å². The molecule has 0 fully saturated rings. The molecule has 0 heterocycles. The first kappa shape index (κ1) is 29.6. The third-order valence-electron chi connectivity index (χ3n) is 0.556. The van der Waals surface area contributed by atoms with E-state index in [0.29, 0.717) is 0 Å². The molecule has 6 heteroatoms. The third kappa shape index (κ3) is 103. The van der Waals surface area contributed by atoms with Gasteiger partial charge in [0.25, 0.3) is 0 Å². The van der Waals surface area contributed by atoms with Crippen LogP contribution in [0.1, 0.15) is 0 Å². The summed E-state index contributed by atoms with van der Waals surface area (Å²) in [5, 5.41) is 0. The van der Waals surface area contributed by atoms with E-state index in [1.165, 1.54) is 6.26 Å². The molecule has 0 saturated carbocycles. The van der Waals surface area contributed by atoms with E-state index in [0.717, 1.165) is 0 Å². The Morgan fingerprint density at radius 3 is 1.19 bits per heavy atom. The van der Waals surface area contributed by atoms with Crippen molar-refractivity contribution in [3.63, 3.8) is 0 Å². The molecule has 1 aliphatic rings. The van der Waals surface area contributed by atoms with Crippen LogP contribution in [-0.4, -0.2) is 10.5 Å². The predicted molar refractivity (Wildman–Crippen MR) is 53.8 cm³/mol. The molecule has 16 heavy (non-hydrogen) atoms. The summed E-state index contributed by atoms with van der Waals surface area (Å²) < 4.78 is 31.9. The minimum absolute atomic E-state index is 0. The van der Waals surface area contributed by atoms with Crippen molar-refractivity contribution >= 4 is 10.8 Å². The molecular formula is C10H10O4SW-. The van der Waals surface area contributed by atoms with Crippen LogP contribution in [0.5, 0.6) is 0 Å². The van der Waals surface area contributed by atoms with E-state index < -0.39 is 10.8 Å². The molecule has 0 saturated heterocycles. The Bertz CT molecular complexity index is 213. The largest absolute Gasteiger partial charge is 0.295 e. The van der Waals surface area contributed by atoms with E-state index in [1.807, 2.05) is 30.7 Å². The quantitative estimate of drug-likeness (QED) is 0.439. The molecule has 1 aliphatic carbocycles. The van der Waals surface area contributed by atoms with Crippen LogP contribution in [0.3, 0.4) is 0 Å². The number of hydrogen-bond donors (Lipinski definition) is 0. The second-order valence-electron chi connectivity index (χ2n) is 1.54. The van der Waals surface area contributed by atoms with E-state index >= 15 is 0 Å². The number of rotatable bonds is 0. The number of allylic oxidation sites excluding steroid dienone is 4. The summed E-state index contributed by atoms with van der Waals surface area (Å²) in [6, 6.07) is 0. The van der Waals surface area contributed by atoms with Crippen LogP contribution < -0.4 is 0 Å². The second-order valence-corrected chi connectivity index (χ2v) is 2.68. The normalized spacial score (nSPS) is 9.75. The summed E-state index contributed by atoms with van der Waals surface area (Å²) >= 11 is 0. The average Bonchev–Trinajstić information content (AvgIpc) is 2.83. The summed E-state index contributed by atoms with van der Waals surface area (Å²) in [4.78, 5) is 0. The van der Waals surface area contributed by atoms with Gasteiger partial charge in [-0.2, -0.15) is 0 Å². The zero-order valence-corrected chi connectivity index (χ0v) is 12.3. The molecule has 0 aliphatic heterocycles. The molecule has 0 N–H and O–H groups in total. The van der Waals surface area contributed by atoms with Gasteiger partial charge in [-0.3, -0.25) is 10.5 Å². The van der Waals surface area contributed by atoms with Crippen molar-refractivity contribution in [3.8, 4) is 0 Å². The SMILES string of the molecule is [C-]#[O+].[C-]#[O+].[C-]#[O+].[CH2-]S(C)=O.[CH]1C=CC=C1.[W]. The topological polar surface area (TPSA) is 76.8 Å². The maximum Gasteiger partial charge on any atom is 0.00506 e. The van der Waals surface area contributed by atoms with E-state index in [1.54, 1.807) is 0 Å². The molecule has 0 aromatic heterocycles. The van der Waals surface area contributed by atoms with Crippen LogP contribution in [-0.2, 0) is 45.8 Å². The molecule has 0 bridgehead atoms. The first-order chi connectivity index (χ1) is 7.23. The third-order valence-corrected chi connectivity index (χ3v) is 0.556. The van der Waals surface area contributed by atoms with Crippen molar-refractivity contribution in [2.45, 2.75) is 0 Å². The van der Waals surface area contributed by atoms with Gasteiger partial charge in [0.15, 0.2) is 0 Å². The minimum atomic E-state index is -0.861. The van der Waals surface area contributed by atoms with Crippen LogP contribution in [0, 0.1) is 32.6 Å². The summed E-state index contributed by atoms with van der Waals surface area (Å²) in [5.74, 6) is 0. The molecule has 0 aromatic carbocycles. The van der Waals surface area contributed by atoms with Crippen LogP contribution in [0.25, 0.3) is 0 Å². The van der Waals surface area contributed by atoms with Crippen LogP contribution >= 0.6 is 0 Å². The van der Waals surface area contributed by atoms with Gasteiger partial charge >= 0.3 is 33.9 Å². The molecule has 0 aromatic rings. The van der Waals surface area contributed by atoms with E-state index in [-0.39, 0.29) is 21.1 Å². The van der Waals surface area contributed by atoms with E-state index in [4.69, 9.17) is 14.0 Å². The summed E-state index contributed by atoms with van der Waals surface area (Å²) in [6.45, 7) is 13.5. The van der Waals surface area contributed by atoms with Crippen molar-refractivity contribution in [1.29, 1.82) is 0 Å². The Balaban J connectivity index is -0.0000000337. The van der Waals surface area contributed by atoms with Gasteiger partial charge in [-0.15, -0.1) is 10.8 Å². The van der Waals surface area contributed by atoms with E-state index in [9.17, 15) is 4.21 Å². The predicted octanol–water partition coefficient (Wildman–Crippen LogP) is 1.36. The van der Waals surface area contributed by atoms with Gasteiger partial charge in [-0.25, -0.2) is 0 Å². The Labute approximate surface area is 113 Å². The number of hydrogen-bond acceptors (Lipinski definition) is 1. The van der Waals surface area contributed by atoms with Gasteiger partial charge in [-0.1, -0.05) is 24.3 Å². The Hall–Kier alpha value is -0.462. The summed E-state index contributed by atoms with van der Waals surface area (Å²) in [5.41, 5.74) is 0. The van der Waals surface area contributed by atoms with Gasteiger partial charge in [0.05, 0.1) is 0 Å². The molecule has 87 valence electrons. The van der Waals surface area contributed by atoms with E-state index in [2.05, 4.69) is 26.2 Å². The Morgan fingerprint density at radius 1 is 0.938 bits per heavy atom. The summed E-state index contributed by atoms with van der Waals surface area (Å²) in [7, 11) is -0.861. The van der Waals surface area contributed by atoms with Gasteiger partial charge in [0.2, 0.25) is 0 Å². The van der Waals surface area contributed by atoms with Crippen molar-refractivity contribution in [3.05, 3.63) is 56.9 Å². The average molecular weight is 410 g/mol. The summed E-state index contributed by atoms with van der Waals surface area (Å²) in [6.07, 6.45) is 14.6. The molecule has 0 spiro atoms. The fourth-order valence-corrected chi connectivity index (χ4v) is 0.321. The van der Waals surface area contributed by atoms with Crippen molar-refractivity contribution in [2.24, 2.45) is 0 Å². The molecule has 0 amide bonds.